The Kier molecular flexibility index (Phi) is 4.63. The van der Waals surface area contributed by atoms with Crippen molar-refractivity contribution in [3.8, 4) is 5.75 Å². The van der Waals surface area contributed by atoms with Crippen LogP contribution in [0.1, 0.15) is 27.6 Å². The second-order valence-corrected chi connectivity index (χ2v) is 5.67. The number of benzene rings is 2. The lowest BCUT2D eigenvalue weighted by Crippen LogP contribution is -2.42. The van der Waals surface area contributed by atoms with Crippen LogP contribution in [0.5, 0.6) is 5.75 Å². The third kappa shape index (κ3) is 3.22. The van der Waals surface area contributed by atoms with Crippen molar-refractivity contribution in [2.45, 2.75) is 13.0 Å². The number of hydrogen-bond donors (Lipinski definition) is 0. The highest BCUT2D eigenvalue weighted by Crippen LogP contribution is 2.27. The standard InChI is InChI=1S/C19H21NO3/c1-14-7-3-4-8-15(14)18-13-20(11-12-23-18)19(21)16-9-5-6-10-17(16)22-2/h3-10,18H,11-13H2,1-2H3. The number of morpholine rings is 1. The van der Waals surface area contributed by atoms with Gasteiger partial charge in [0.2, 0.25) is 0 Å². The van der Waals surface area contributed by atoms with E-state index in [-0.39, 0.29) is 12.0 Å². The lowest BCUT2D eigenvalue weighted by Gasteiger charge is -2.34. The van der Waals surface area contributed by atoms with Gasteiger partial charge in [-0.1, -0.05) is 36.4 Å². The Morgan fingerprint density at radius 1 is 1.17 bits per heavy atom. The van der Waals surface area contributed by atoms with Gasteiger partial charge in [-0.05, 0) is 30.2 Å². The van der Waals surface area contributed by atoms with Gasteiger partial charge in [0.05, 0.1) is 25.8 Å². The lowest BCUT2D eigenvalue weighted by molar-refractivity contribution is -0.0231. The quantitative estimate of drug-likeness (QED) is 0.873. The van der Waals surface area contributed by atoms with Crippen LogP contribution in [0, 0.1) is 6.92 Å². The molecule has 4 nitrogen and oxygen atoms in total. The Labute approximate surface area is 136 Å². The lowest BCUT2D eigenvalue weighted by atomic mass is 10.0. The molecule has 120 valence electrons. The Morgan fingerprint density at radius 2 is 1.91 bits per heavy atom. The van der Waals surface area contributed by atoms with Gasteiger partial charge in [-0.2, -0.15) is 0 Å². The number of nitrogens with zero attached hydrogens (tertiary/aromatic N) is 1. The van der Waals surface area contributed by atoms with E-state index in [1.165, 1.54) is 5.56 Å². The van der Waals surface area contributed by atoms with Crippen molar-refractivity contribution < 1.29 is 14.3 Å². The maximum atomic E-state index is 12.8. The van der Waals surface area contributed by atoms with E-state index in [1.807, 2.05) is 35.2 Å². The third-order valence-corrected chi connectivity index (χ3v) is 4.23. The number of methoxy groups -OCH3 is 1. The molecule has 0 aromatic heterocycles. The van der Waals surface area contributed by atoms with Crippen LogP contribution in [0.15, 0.2) is 48.5 Å². The van der Waals surface area contributed by atoms with E-state index in [0.29, 0.717) is 31.0 Å². The van der Waals surface area contributed by atoms with Crippen molar-refractivity contribution >= 4 is 5.91 Å². The summed E-state index contributed by atoms with van der Waals surface area (Å²) in [6.07, 6.45) is -0.0800. The summed E-state index contributed by atoms with van der Waals surface area (Å²) >= 11 is 0. The molecule has 1 saturated heterocycles. The minimum absolute atomic E-state index is 0.00988. The molecular formula is C19H21NO3. The SMILES string of the molecule is COc1ccccc1C(=O)N1CCOC(c2ccccc2C)C1. The Balaban J connectivity index is 1.81. The number of carbonyl (C=O) groups is 1. The van der Waals surface area contributed by atoms with Gasteiger partial charge >= 0.3 is 0 Å². The fourth-order valence-electron chi connectivity index (χ4n) is 2.96. The molecule has 1 aliphatic heterocycles. The highest BCUT2D eigenvalue weighted by atomic mass is 16.5. The molecule has 1 aliphatic rings. The van der Waals surface area contributed by atoms with Crippen LogP contribution >= 0.6 is 0 Å². The molecule has 0 N–H and O–H groups in total. The van der Waals surface area contributed by atoms with E-state index in [9.17, 15) is 4.79 Å². The van der Waals surface area contributed by atoms with Gasteiger partial charge in [-0.3, -0.25) is 4.79 Å². The van der Waals surface area contributed by atoms with Crippen molar-refractivity contribution in [1.29, 1.82) is 0 Å². The second-order valence-electron chi connectivity index (χ2n) is 5.67. The molecule has 0 saturated carbocycles. The van der Waals surface area contributed by atoms with E-state index in [2.05, 4.69) is 19.1 Å². The summed E-state index contributed by atoms with van der Waals surface area (Å²) in [5.41, 5.74) is 2.93. The minimum Gasteiger partial charge on any atom is -0.496 e. The molecule has 4 heteroatoms. The number of aryl methyl sites for hydroxylation is 1. The zero-order chi connectivity index (χ0) is 16.2. The summed E-state index contributed by atoms with van der Waals surface area (Å²) in [5, 5.41) is 0. The highest BCUT2D eigenvalue weighted by Gasteiger charge is 2.28. The molecule has 0 spiro atoms. The van der Waals surface area contributed by atoms with Gasteiger partial charge in [-0.15, -0.1) is 0 Å². The predicted octanol–water partition coefficient (Wildman–Crippen LogP) is 3.22. The summed E-state index contributed by atoms with van der Waals surface area (Å²) in [7, 11) is 1.58. The molecule has 1 atom stereocenters. The molecule has 1 amide bonds. The van der Waals surface area contributed by atoms with Gasteiger partial charge in [0, 0.05) is 6.54 Å². The average molecular weight is 311 g/mol. The van der Waals surface area contributed by atoms with Crippen molar-refractivity contribution in [3.05, 3.63) is 65.2 Å². The number of rotatable bonds is 3. The minimum atomic E-state index is -0.0800. The normalized spacial score (nSPS) is 17.8. The molecule has 1 fully saturated rings. The zero-order valence-electron chi connectivity index (χ0n) is 13.5. The number of carbonyl (C=O) groups excluding carboxylic acids is 1. The average Bonchev–Trinajstić information content (AvgIpc) is 2.61. The third-order valence-electron chi connectivity index (χ3n) is 4.23. The molecule has 3 rings (SSSR count). The molecule has 0 radical (unpaired) electrons. The molecule has 1 heterocycles. The summed E-state index contributed by atoms with van der Waals surface area (Å²) in [4.78, 5) is 14.7. The van der Waals surface area contributed by atoms with Gasteiger partial charge in [0.1, 0.15) is 11.9 Å². The van der Waals surface area contributed by atoms with Crippen LogP contribution in [-0.4, -0.2) is 37.6 Å². The topological polar surface area (TPSA) is 38.8 Å². The summed E-state index contributed by atoms with van der Waals surface area (Å²) in [5.74, 6) is 0.598. The smallest absolute Gasteiger partial charge is 0.257 e. The van der Waals surface area contributed by atoms with Gasteiger partial charge < -0.3 is 14.4 Å². The zero-order valence-corrected chi connectivity index (χ0v) is 13.5. The maximum Gasteiger partial charge on any atom is 0.257 e. The first-order valence-corrected chi connectivity index (χ1v) is 7.80. The number of hydrogen-bond acceptors (Lipinski definition) is 3. The van der Waals surface area contributed by atoms with Gasteiger partial charge in [-0.25, -0.2) is 0 Å². The number of para-hydroxylation sites is 1. The van der Waals surface area contributed by atoms with E-state index in [0.717, 1.165) is 5.56 Å². The Hall–Kier alpha value is -2.33. The second kappa shape index (κ2) is 6.84. The van der Waals surface area contributed by atoms with Gasteiger partial charge in [0.15, 0.2) is 0 Å². The molecule has 0 bridgehead atoms. The van der Waals surface area contributed by atoms with E-state index in [4.69, 9.17) is 9.47 Å². The van der Waals surface area contributed by atoms with Crippen LogP contribution in [0.3, 0.4) is 0 Å². The number of amides is 1. The van der Waals surface area contributed by atoms with Crippen LogP contribution in [-0.2, 0) is 4.74 Å². The molecule has 2 aromatic carbocycles. The summed E-state index contributed by atoms with van der Waals surface area (Å²) in [6.45, 7) is 3.76. The number of ether oxygens (including phenoxy) is 2. The summed E-state index contributed by atoms with van der Waals surface area (Å²) in [6, 6.07) is 15.5. The molecule has 23 heavy (non-hydrogen) atoms. The fraction of sp³-hybridized carbons (Fsp3) is 0.316. The van der Waals surface area contributed by atoms with Crippen molar-refractivity contribution in [3.63, 3.8) is 0 Å². The largest absolute Gasteiger partial charge is 0.496 e. The van der Waals surface area contributed by atoms with E-state index >= 15 is 0 Å². The van der Waals surface area contributed by atoms with Crippen LogP contribution in [0.2, 0.25) is 0 Å². The van der Waals surface area contributed by atoms with Crippen LogP contribution in [0.25, 0.3) is 0 Å². The Morgan fingerprint density at radius 3 is 2.70 bits per heavy atom. The first-order chi connectivity index (χ1) is 11.2. The molecule has 1 unspecified atom stereocenters. The van der Waals surface area contributed by atoms with Gasteiger partial charge in [0.25, 0.3) is 5.91 Å². The Bertz CT molecular complexity index is 699. The molecular weight excluding hydrogens is 290 g/mol. The van der Waals surface area contributed by atoms with Crippen LogP contribution in [0.4, 0.5) is 0 Å². The monoisotopic (exact) mass is 311 g/mol. The van der Waals surface area contributed by atoms with E-state index < -0.39 is 0 Å². The van der Waals surface area contributed by atoms with Crippen molar-refractivity contribution in [1.82, 2.24) is 4.90 Å². The molecule has 0 aliphatic carbocycles. The maximum absolute atomic E-state index is 12.8. The van der Waals surface area contributed by atoms with Crippen molar-refractivity contribution in [2.75, 3.05) is 26.8 Å². The highest BCUT2D eigenvalue weighted by molar-refractivity contribution is 5.97. The molecule has 2 aromatic rings. The fourth-order valence-corrected chi connectivity index (χ4v) is 2.96. The first kappa shape index (κ1) is 15.6. The van der Waals surface area contributed by atoms with E-state index in [1.54, 1.807) is 13.2 Å². The summed E-state index contributed by atoms with van der Waals surface area (Å²) < 4.78 is 11.2. The predicted molar refractivity (Wildman–Crippen MR) is 88.8 cm³/mol. The van der Waals surface area contributed by atoms with Crippen LogP contribution < -0.4 is 4.74 Å². The first-order valence-electron chi connectivity index (χ1n) is 7.80. The van der Waals surface area contributed by atoms with Crippen molar-refractivity contribution in [2.24, 2.45) is 0 Å².